The second kappa shape index (κ2) is 10.9. The smallest absolute Gasteiger partial charge is 0.191 e. The van der Waals surface area contributed by atoms with Crippen LogP contribution in [0.15, 0.2) is 4.99 Å². The number of hydrogen-bond donors (Lipinski definition) is 3. The molecule has 2 aliphatic carbocycles. The zero-order valence-electron chi connectivity index (χ0n) is 14.7. The molecule has 0 aromatic rings. The lowest BCUT2D eigenvalue weighted by Gasteiger charge is -2.27. The van der Waals surface area contributed by atoms with Gasteiger partial charge in [0.2, 0.25) is 0 Å². The first-order chi connectivity index (χ1) is 11.3. The SMILES string of the molecule is CCNC(=NCCCOC1CCCCC1)NC1CCC(O)CC1. The van der Waals surface area contributed by atoms with E-state index in [4.69, 9.17) is 4.74 Å². The second-order valence-electron chi connectivity index (χ2n) is 6.89. The minimum atomic E-state index is -0.107. The molecule has 0 bridgehead atoms. The van der Waals surface area contributed by atoms with Gasteiger partial charge < -0.3 is 20.5 Å². The van der Waals surface area contributed by atoms with Crippen molar-refractivity contribution >= 4 is 5.96 Å². The minimum Gasteiger partial charge on any atom is -0.393 e. The minimum absolute atomic E-state index is 0.107. The molecular weight excluding hydrogens is 290 g/mol. The van der Waals surface area contributed by atoms with Crippen LogP contribution in [-0.2, 0) is 4.74 Å². The molecule has 5 heteroatoms. The van der Waals surface area contributed by atoms with Gasteiger partial charge in [0.15, 0.2) is 5.96 Å². The molecule has 0 aromatic heterocycles. The van der Waals surface area contributed by atoms with Crippen molar-refractivity contribution in [1.29, 1.82) is 0 Å². The number of guanidine groups is 1. The number of aliphatic hydroxyl groups excluding tert-OH is 1. The average molecular weight is 325 g/mol. The van der Waals surface area contributed by atoms with Crippen molar-refractivity contribution in [2.24, 2.45) is 4.99 Å². The molecule has 5 nitrogen and oxygen atoms in total. The summed E-state index contributed by atoms with van der Waals surface area (Å²) < 4.78 is 5.95. The molecule has 23 heavy (non-hydrogen) atoms. The monoisotopic (exact) mass is 325 g/mol. The van der Waals surface area contributed by atoms with E-state index in [2.05, 4.69) is 22.5 Å². The maximum absolute atomic E-state index is 9.58. The molecule has 0 atom stereocenters. The molecule has 0 unspecified atom stereocenters. The van der Waals surface area contributed by atoms with Gasteiger partial charge >= 0.3 is 0 Å². The van der Waals surface area contributed by atoms with Gasteiger partial charge in [0, 0.05) is 25.7 Å². The van der Waals surface area contributed by atoms with Crippen LogP contribution in [0.2, 0.25) is 0 Å². The highest BCUT2D eigenvalue weighted by atomic mass is 16.5. The Kier molecular flexibility index (Phi) is 8.76. The van der Waals surface area contributed by atoms with Crippen LogP contribution in [0.1, 0.15) is 71.1 Å². The molecule has 2 aliphatic rings. The van der Waals surface area contributed by atoms with Crippen molar-refractivity contribution in [3.05, 3.63) is 0 Å². The van der Waals surface area contributed by atoms with Crippen LogP contribution >= 0.6 is 0 Å². The van der Waals surface area contributed by atoms with E-state index in [0.29, 0.717) is 12.1 Å². The van der Waals surface area contributed by atoms with E-state index in [1.165, 1.54) is 32.1 Å². The van der Waals surface area contributed by atoms with E-state index in [9.17, 15) is 5.11 Å². The summed E-state index contributed by atoms with van der Waals surface area (Å²) in [5.74, 6) is 0.909. The predicted molar refractivity (Wildman–Crippen MR) is 94.8 cm³/mol. The summed E-state index contributed by atoms with van der Waals surface area (Å²) in [6.45, 7) is 4.59. The summed E-state index contributed by atoms with van der Waals surface area (Å²) in [6.07, 6.45) is 11.7. The summed E-state index contributed by atoms with van der Waals surface area (Å²) in [7, 11) is 0. The maximum atomic E-state index is 9.58. The van der Waals surface area contributed by atoms with Crippen LogP contribution in [0.3, 0.4) is 0 Å². The lowest BCUT2D eigenvalue weighted by atomic mass is 9.93. The van der Waals surface area contributed by atoms with Crippen LogP contribution < -0.4 is 10.6 Å². The molecule has 2 saturated carbocycles. The summed E-state index contributed by atoms with van der Waals surface area (Å²) in [4.78, 5) is 4.66. The Bertz CT molecular complexity index is 335. The van der Waals surface area contributed by atoms with Gasteiger partial charge in [-0.3, -0.25) is 4.99 Å². The third-order valence-corrected chi connectivity index (χ3v) is 4.86. The summed E-state index contributed by atoms with van der Waals surface area (Å²) in [5, 5.41) is 16.4. The molecule has 0 amide bonds. The Hall–Kier alpha value is -0.810. The molecular formula is C18H35N3O2. The van der Waals surface area contributed by atoms with Crippen molar-refractivity contribution in [2.75, 3.05) is 19.7 Å². The van der Waals surface area contributed by atoms with Crippen molar-refractivity contribution in [1.82, 2.24) is 10.6 Å². The molecule has 2 rings (SSSR count). The van der Waals surface area contributed by atoms with Crippen molar-refractivity contribution in [2.45, 2.75) is 89.4 Å². The molecule has 0 radical (unpaired) electrons. The fourth-order valence-corrected chi connectivity index (χ4v) is 3.47. The van der Waals surface area contributed by atoms with Crippen molar-refractivity contribution < 1.29 is 9.84 Å². The van der Waals surface area contributed by atoms with E-state index in [1.807, 2.05) is 0 Å². The number of rotatable bonds is 7. The quantitative estimate of drug-likeness (QED) is 0.382. The van der Waals surface area contributed by atoms with E-state index in [-0.39, 0.29) is 6.10 Å². The molecule has 134 valence electrons. The van der Waals surface area contributed by atoms with E-state index >= 15 is 0 Å². The van der Waals surface area contributed by atoms with Gasteiger partial charge in [-0.2, -0.15) is 0 Å². The highest BCUT2D eigenvalue weighted by Gasteiger charge is 2.19. The molecule has 0 heterocycles. The van der Waals surface area contributed by atoms with Gasteiger partial charge in [-0.15, -0.1) is 0 Å². The van der Waals surface area contributed by atoms with Crippen LogP contribution in [0.5, 0.6) is 0 Å². The molecule has 3 N–H and O–H groups in total. The van der Waals surface area contributed by atoms with Gasteiger partial charge in [0.05, 0.1) is 12.2 Å². The predicted octanol–water partition coefficient (Wildman–Crippen LogP) is 2.58. The third-order valence-electron chi connectivity index (χ3n) is 4.86. The van der Waals surface area contributed by atoms with E-state index in [0.717, 1.165) is 57.8 Å². The number of aliphatic hydroxyl groups is 1. The lowest BCUT2D eigenvalue weighted by molar-refractivity contribution is 0.0281. The first-order valence-corrected chi connectivity index (χ1v) is 9.62. The Balaban J connectivity index is 1.62. The maximum Gasteiger partial charge on any atom is 0.191 e. The highest BCUT2D eigenvalue weighted by molar-refractivity contribution is 5.80. The third kappa shape index (κ3) is 7.53. The largest absolute Gasteiger partial charge is 0.393 e. The topological polar surface area (TPSA) is 65.9 Å². The van der Waals surface area contributed by atoms with Gasteiger partial charge in [0.1, 0.15) is 0 Å². The molecule has 0 saturated heterocycles. The normalized spacial score (nSPS) is 27.0. The highest BCUT2D eigenvalue weighted by Crippen LogP contribution is 2.20. The number of aliphatic imine (C=N–C) groups is 1. The fourth-order valence-electron chi connectivity index (χ4n) is 3.47. The number of ether oxygens (including phenoxy) is 1. The Labute approximate surface area is 141 Å². The molecule has 2 fully saturated rings. The Morgan fingerprint density at radius 2 is 1.83 bits per heavy atom. The number of nitrogens with one attached hydrogen (secondary N) is 2. The molecule has 0 spiro atoms. The number of hydrogen-bond acceptors (Lipinski definition) is 3. The zero-order valence-corrected chi connectivity index (χ0v) is 14.7. The van der Waals surface area contributed by atoms with Crippen LogP contribution in [0.4, 0.5) is 0 Å². The van der Waals surface area contributed by atoms with Gasteiger partial charge in [-0.1, -0.05) is 19.3 Å². The molecule has 0 aliphatic heterocycles. The first kappa shape index (κ1) is 18.5. The van der Waals surface area contributed by atoms with E-state index < -0.39 is 0 Å². The number of nitrogens with zero attached hydrogens (tertiary/aromatic N) is 1. The zero-order chi connectivity index (χ0) is 16.3. The summed E-state index contributed by atoms with van der Waals surface area (Å²) >= 11 is 0. The lowest BCUT2D eigenvalue weighted by Crippen LogP contribution is -2.45. The fraction of sp³-hybridized carbons (Fsp3) is 0.944. The van der Waals surface area contributed by atoms with Crippen molar-refractivity contribution in [3.8, 4) is 0 Å². The second-order valence-corrected chi connectivity index (χ2v) is 6.89. The summed E-state index contributed by atoms with van der Waals surface area (Å²) in [6, 6.07) is 0.440. The van der Waals surface area contributed by atoms with Crippen LogP contribution in [0.25, 0.3) is 0 Å². The van der Waals surface area contributed by atoms with Crippen LogP contribution in [-0.4, -0.2) is 49.0 Å². The van der Waals surface area contributed by atoms with Crippen molar-refractivity contribution in [3.63, 3.8) is 0 Å². The van der Waals surface area contributed by atoms with Gasteiger partial charge in [0.25, 0.3) is 0 Å². The average Bonchev–Trinajstić information content (AvgIpc) is 2.57. The Morgan fingerprint density at radius 3 is 2.52 bits per heavy atom. The standard InChI is InChI=1S/C18H35N3O2/c1-2-19-18(21-15-9-11-16(22)12-10-15)20-13-6-14-23-17-7-4-3-5-8-17/h15-17,22H,2-14H2,1H3,(H2,19,20,21). The van der Waals surface area contributed by atoms with Crippen LogP contribution in [0, 0.1) is 0 Å². The summed E-state index contributed by atoms with van der Waals surface area (Å²) in [5.41, 5.74) is 0. The van der Waals surface area contributed by atoms with Gasteiger partial charge in [-0.05, 0) is 51.9 Å². The van der Waals surface area contributed by atoms with E-state index in [1.54, 1.807) is 0 Å². The Morgan fingerprint density at radius 1 is 1.09 bits per heavy atom. The molecule has 0 aromatic carbocycles. The van der Waals surface area contributed by atoms with Gasteiger partial charge in [-0.25, -0.2) is 0 Å². The first-order valence-electron chi connectivity index (χ1n) is 9.62.